The quantitative estimate of drug-likeness (QED) is 0.779. The lowest BCUT2D eigenvalue weighted by Crippen LogP contribution is -2.13. The average molecular weight is 211 g/mol. The van der Waals surface area contributed by atoms with Gasteiger partial charge in [0, 0.05) is 29.6 Å². The second-order valence-corrected chi connectivity index (χ2v) is 3.92. The molecule has 2 nitrogen and oxygen atoms in total. The maximum absolute atomic E-state index is 5.60. The van der Waals surface area contributed by atoms with Crippen LogP contribution in [0.2, 0.25) is 0 Å². The van der Waals surface area contributed by atoms with Gasteiger partial charge in [-0.05, 0) is 12.1 Å². The summed E-state index contributed by atoms with van der Waals surface area (Å²) in [6, 6.07) is 16.5. The summed E-state index contributed by atoms with van der Waals surface area (Å²) >= 11 is 0. The van der Waals surface area contributed by atoms with Crippen molar-refractivity contribution >= 4 is 11.4 Å². The van der Waals surface area contributed by atoms with E-state index in [0.717, 1.165) is 11.4 Å². The number of methoxy groups -OCH3 is 1. The van der Waals surface area contributed by atoms with Gasteiger partial charge in [0.25, 0.3) is 0 Å². The minimum atomic E-state index is 0.0358. The standard InChI is InChI=1S/C14H13NO/c1-16-14-10-6-2-4-8-12(10)15-13-9-5-3-7-11(13)14/h2-9,14-15H,1H3. The summed E-state index contributed by atoms with van der Waals surface area (Å²) in [5.74, 6) is 0. The van der Waals surface area contributed by atoms with Gasteiger partial charge in [0.1, 0.15) is 6.10 Å². The van der Waals surface area contributed by atoms with Crippen LogP contribution >= 0.6 is 0 Å². The second kappa shape index (κ2) is 3.65. The first-order valence-electron chi connectivity index (χ1n) is 5.38. The first-order chi connectivity index (χ1) is 7.90. The first-order valence-corrected chi connectivity index (χ1v) is 5.38. The highest BCUT2D eigenvalue weighted by molar-refractivity contribution is 5.72. The Morgan fingerprint density at radius 2 is 1.38 bits per heavy atom. The van der Waals surface area contributed by atoms with E-state index in [2.05, 4.69) is 29.6 Å². The maximum atomic E-state index is 5.60. The van der Waals surface area contributed by atoms with Gasteiger partial charge in [-0.25, -0.2) is 0 Å². The van der Waals surface area contributed by atoms with Crippen molar-refractivity contribution in [3.8, 4) is 0 Å². The molecule has 0 saturated heterocycles. The molecular weight excluding hydrogens is 198 g/mol. The number of nitrogens with one attached hydrogen (secondary N) is 1. The summed E-state index contributed by atoms with van der Waals surface area (Å²) in [6.07, 6.45) is 0.0358. The molecule has 0 spiro atoms. The van der Waals surface area contributed by atoms with Gasteiger partial charge in [-0.2, -0.15) is 0 Å². The molecule has 1 aliphatic heterocycles. The zero-order valence-corrected chi connectivity index (χ0v) is 9.10. The number of hydrogen-bond donors (Lipinski definition) is 1. The monoisotopic (exact) mass is 211 g/mol. The molecule has 0 amide bonds. The molecule has 0 saturated carbocycles. The molecule has 16 heavy (non-hydrogen) atoms. The van der Waals surface area contributed by atoms with Crippen molar-refractivity contribution in [2.75, 3.05) is 12.4 Å². The van der Waals surface area contributed by atoms with Crippen LogP contribution in [0.3, 0.4) is 0 Å². The highest BCUT2D eigenvalue weighted by Crippen LogP contribution is 2.40. The topological polar surface area (TPSA) is 21.3 Å². The minimum Gasteiger partial charge on any atom is -0.372 e. The number of anilines is 2. The zero-order chi connectivity index (χ0) is 11.0. The Balaban J connectivity index is 2.19. The van der Waals surface area contributed by atoms with Crippen molar-refractivity contribution < 1.29 is 4.74 Å². The summed E-state index contributed by atoms with van der Waals surface area (Å²) in [5, 5.41) is 3.42. The van der Waals surface area contributed by atoms with Gasteiger partial charge < -0.3 is 10.1 Å². The molecule has 2 aromatic carbocycles. The number of ether oxygens (including phenoxy) is 1. The highest BCUT2D eigenvalue weighted by atomic mass is 16.5. The van der Waals surface area contributed by atoms with Gasteiger partial charge in [0.05, 0.1) is 0 Å². The van der Waals surface area contributed by atoms with E-state index in [4.69, 9.17) is 4.74 Å². The molecule has 0 fully saturated rings. The van der Waals surface area contributed by atoms with Gasteiger partial charge in [0.2, 0.25) is 0 Å². The lowest BCUT2D eigenvalue weighted by molar-refractivity contribution is 0.136. The molecule has 3 rings (SSSR count). The summed E-state index contributed by atoms with van der Waals surface area (Å²) in [6.45, 7) is 0. The van der Waals surface area contributed by atoms with Crippen LogP contribution in [-0.2, 0) is 4.74 Å². The van der Waals surface area contributed by atoms with E-state index in [1.807, 2.05) is 24.3 Å². The number of para-hydroxylation sites is 2. The molecule has 0 unspecified atom stereocenters. The number of rotatable bonds is 1. The number of hydrogen-bond acceptors (Lipinski definition) is 2. The molecular formula is C14H13NO. The molecule has 0 aromatic heterocycles. The van der Waals surface area contributed by atoms with E-state index in [1.54, 1.807) is 7.11 Å². The van der Waals surface area contributed by atoms with Crippen molar-refractivity contribution in [1.82, 2.24) is 0 Å². The lowest BCUT2D eigenvalue weighted by Gasteiger charge is -2.28. The number of benzene rings is 2. The molecule has 0 atom stereocenters. The second-order valence-electron chi connectivity index (χ2n) is 3.92. The minimum absolute atomic E-state index is 0.0358. The molecule has 1 heterocycles. The van der Waals surface area contributed by atoms with Crippen molar-refractivity contribution in [1.29, 1.82) is 0 Å². The Morgan fingerprint density at radius 1 is 0.875 bits per heavy atom. The SMILES string of the molecule is COC1c2ccccc2Nc2ccccc21. The summed E-state index contributed by atoms with van der Waals surface area (Å²) in [7, 11) is 1.75. The van der Waals surface area contributed by atoms with Crippen LogP contribution < -0.4 is 5.32 Å². The molecule has 0 radical (unpaired) electrons. The first kappa shape index (κ1) is 9.43. The molecule has 2 heteroatoms. The predicted octanol–water partition coefficient (Wildman–Crippen LogP) is 3.48. The van der Waals surface area contributed by atoms with E-state index in [0.29, 0.717) is 0 Å². The normalized spacial score (nSPS) is 13.8. The van der Waals surface area contributed by atoms with Gasteiger partial charge >= 0.3 is 0 Å². The average Bonchev–Trinajstić information content (AvgIpc) is 2.36. The van der Waals surface area contributed by atoms with Crippen LogP contribution in [0.25, 0.3) is 0 Å². The van der Waals surface area contributed by atoms with Crippen molar-refractivity contribution in [2.24, 2.45) is 0 Å². The predicted molar refractivity (Wildman–Crippen MR) is 65.0 cm³/mol. The third-order valence-electron chi connectivity index (χ3n) is 2.99. The van der Waals surface area contributed by atoms with Crippen LogP contribution in [0, 0.1) is 0 Å². The fourth-order valence-electron chi connectivity index (χ4n) is 2.25. The summed E-state index contributed by atoms with van der Waals surface area (Å²) < 4.78 is 5.60. The van der Waals surface area contributed by atoms with Gasteiger partial charge in [-0.3, -0.25) is 0 Å². The third-order valence-corrected chi connectivity index (χ3v) is 2.99. The van der Waals surface area contributed by atoms with Crippen LogP contribution in [0.4, 0.5) is 11.4 Å². The summed E-state index contributed by atoms with van der Waals surface area (Å²) in [4.78, 5) is 0. The van der Waals surface area contributed by atoms with E-state index in [-0.39, 0.29) is 6.10 Å². The lowest BCUT2D eigenvalue weighted by atomic mass is 9.94. The van der Waals surface area contributed by atoms with E-state index >= 15 is 0 Å². The van der Waals surface area contributed by atoms with Crippen LogP contribution in [-0.4, -0.2) is 7.11 Å². The fourth-order valence-corrected chi connectivity index (χ4v) is 2.25. The zero-order valence-electron chi connectivity index (χ0n) is 9.10. The van der Waals surface area contributed by atoms with E-state index in [1.165, 1.54) is 11.1 Å². The summed E-state index contributed by atoms with van der Waals surface area (Å²) in [5.41, 5.74) is 4.66. The highest BCUT2D eigenvalue weighted by Gasteiger charge is 2.24. The molecule has 80 valence electrons. The Hall–Kier alpha value is -1.80. The van der Waals surface area contributed by atoms with Crippen molar-refractivity contribution in [2.45, 2.75) is 6.10 Å². The van der Waals surface area contributed by atoms with E-state index < -0.39 is 0 Å². The van der Waals surface area contributed by atoms with Crippen molar-refractivity contribution in [3.63, 3.8) is 0 Å². The molecule has 0 aliphatic carbocycles. The third kappa shape index (κ3) is 1.31. The van der Waals surface area contributed by atoms with Crippen LogP contribution in [0.1, 0.15) is 17.2 Å². The molecule has 1 aliphatic rings. The molecule has 1 N–H and O–H groups in total. The van der Waals surface area contributed by atoms with Gasteiger partial charge in [0.15, 0.2) is 0 Å². The molecule has 0 bridgehead atoms. The Kier molecular flexibility index (Phi) is 2.15. The van der Waals surface area contributed by atoms with Crippen molar-refractivity contribution in [3.05, 3.63) is 59.7 Å². The van der Waals surface area contributed by atoms with Crippen LogP contribution in [0.5, 0.6) is 0 Å². The van der Waals surface area contributed by atoms with Gasteiger partial charge in [-0.15, -0.1) is 0 Å². The largest absolute Gasteiger partial charge is 0.372 e. The fraction of sp³-hybridized carbons (Fsp3) is 0.143. The van der Waals surface area contributed by atoms with E-state index in [9.17, 15) is 0 Å². The maximum Gasteiger partial charge on any atom is 0.111 e. The smallest absolute Gasteiger partial charge is 0.111 e. The molecule has 2 aromatic rings. The Bertz CT molecular complexity index is 476. The Morgan fingerprint density at radius 3 is 1.88 bits per heavy atom. The number of fused-ring (bicyclic) bond motifs is 2. The van der Waals surface area contributed by atoms with Gasteiger partial charge in [-0.1, -0.05) is 36.4 Å². The Labute approximate surface area is 94.9 Å². The van der Waals surface area contributed by atoms with Crippen LogP contribution in [0.15, 0.2) is 48.5 Å².